The summed E-state index contributed by atoms with van der Waals surface area (Å²) < 4.78 is 5.72. The van der Waals surface area contributed by atoms with Crippen molar-refractivity contribution >= 4 is 23.7 Å². The maximum atomic E-state index is 11.9. The van der Waals surface area contributed by atoms with Gasteiger partial charge in [-0.2, -0.15) is 5.10 Å². The number of nitrogens with one attached hydrogen (secondary N) is 2. The van der Waals surface area contributed by atoms with Crippen molar-refractivity contribution in [3.8, 4) is 5.75 Å². The van der Waals surface area contributed by atoms with E-state index in [1.54, 1.807) is 18.2 Å². The molecule has 3 aromatic carbocycles. The summed E-state index contributed by atoms with van der Waals surface area (Å²) in [6.45, 7) is 2.39. The van der Waals surface area contributed by atoms with E-state index in [2.05, 4.69) is 15.8 Å². The highest BCUT2D eigenvalue weighted by Crippen LogP contribution is 2.13. The lowest BCUT2D eigenvalue weighted by Crippen LogP contribution is -2.32. The Morgan fingerprint density at radius 3 is 2.41 bits per heavy atom. The first-order chi connectivity index (χ1) is 14.1. The highest BCUT2D eigenvalue weighted by Gasteiger charge is 2.12. The van der Waals surface area contributed by atoms with Crippen LogP contribution in [0.2, 0.25) is 0 Å². The van der Waals surface area contributed by atoms with E-state index in [1.807, 2.05) is 67.6 Å². The molecule has 6 heteroatoms. The zero-order valence-corrected chi connectivity index (χ0v) is 16.0. The van der Waals surface area contributed by atoms with Gasteiger partial charge in [-0.15, -0.1) is 0 Å². The molecule has 0 fully saturated rings. The average Bonchev–Trinajstić information content (AvgIpc) is 2.74. The Labute approximate surface area is 169 Å². The second-order valence-corrected chi connectivity index (χ2v) is 6.37. The standard InChI is InChI=1S/C23H21N3O3/c1-17-6-5-9-20(14-17)25-22(27)23(28)26-24-15-18-10-12-21(13-11-18)29-16-19-7-3-2-4-8-19/h2-15H,16H2,1H3,(H,25,27)(H,26,28)/b24-15-. The summed E-state index contributed by atoms with van der Waals surface area (Å²) in [6, 6.07) is 24.3. The molecule has 0 aromatic heterocycles. The molecule has 3 aromatic rings. The van der Waals surface area contributed by atoms with Crippen LogP contribution in [-0.4, -0.2) is 18.0 Å². The molecule has 6 nitrogen and oxygen atoms in total. The lowest BCUT2D eigenvalue weighted by molar-refractivity contribution is -0.136. The van der Waals surface area contributed by atoms with Gasteiger partial charge in [0, 0.05) is 5.69 Å². The summed E-state index contributed by atoms with van der Waals surface area (Å²) in [4.78, 5) is 23.7. The molecule has 0 spiro atoms. The van der Waals surface area contributed by atoms with Crippen LogP contribution in [0.1, 0.15) is 16.7 Å². The fourth-order valence-electron chi connectivity index (χ4n) is 2.52. The van der Waals surface area contributed by atoms with Crippen molar-refractivity contribution in [2.75, 3.05) is 5.32 Å². The van der Waals surface area contributed by atoms with Crippen LogP contribution in [0.4, 0.5) is 5.69 Å². The van der Waals surface area contributed by atoms with E-state index in [-0.39, 0.29) is 0 Å². The largest absolute Gasteiger partial charge is 0.489 e. The van der Waals surface area contributed by atoms with Crippen LogP contribution in [-0.2, 0) is 16.2 Å². The lowest BCUT2D eigenvalue weighted by atomic mass is 10.2. The zero-order chi connectivity index (χ0) is 20.5. The third kappa shape index (κ3) is 6.32. The number of carbonyl (C=O) groups is 2. The number of rotatable bonds is 6. The molecule has 0 atom stereocenters. The smallest absolute Gasteiger partial charge is 0.329 e. The number of hydrazone groups is 1. The van der Waals surface area contributed by atoms with E-state index in [0.717, 1.165) is 22.4 Å². The predicted molar refractivity (Wildman–Crippen MR) is 113 cm³/mol. The van der Waals surface area contributed by atoms with E-state index in [9.17, 15) is 9.59 Å². The van der Waals surface area contributed by atoms with Crippen molar-refractivity contribution in [1.82, 2.24) is 5.43 Å². The first-order valence-corrected chi connectivity index (χ1v) is 9.08. The van der Waals surface area contributed by atoms with Gasteiger partial charge in [0.15, 0.2) is 0 Å². The van der Waals surface area contributed by atoms with Gasteiger partial charge in [-0.05, 0) is 60.0 Å². The molecule has 0 heterocycles. The summed E-state index contributed by atoms with van der Waals surface area (Å²) >= 11 is 0. The summed E-state index contributed by atoms with van der Waals surface area (Å²) in [6.07, 6.45) is 1.46. The topological polar surface area (TPSA) is 79.8 Å². The maximum Gasteiger partial charge on any atom is 0.329 e. The first kappa shape index (κ1) is 19.8. The van der Waals surface area contributed by atoms with Gasteiger partial charge in [-0.1, -0.05) is 42.5 Å². The molecule has 29 heavy (non-hydrogen) atoms. The van der Waals surface area contributed by atoms with Gasteiger partial charge in [0.25, 0.3) is 0 Å². The second kappa shape index (κ2) is 9.85. The molecule has 0 aliphatic rings. The molecule has 146 valence electrons. The fraction of sp³-hybridized carbons (Fsp3) is 0.0870. The monoisotopic (exact) mass is 387 g/mol. The molecular weight excluding hydrogens is 366 g/mol. The maximum absolute atomic E-state index is 11.9. The molecule has 0 unspecified atom stereocenters. The lowest BCUT2D eigenvalue weighted by Gasteiger charge is -2.06. The van der Waals surface area contributed by atoms with Crippen molar-refractivity contribution in [2.45, 2.75) is 13.5 Å². The molecule has 0 saturated heterocycles. The number of anilines is 1. The Hall–Kier alpha value is -3.93. The van der Waals surface area contributed by atoms with Gasteiger partial charge in [-0.25, -0.2) is 5.43 Å². The molecule has 3 rings (SSSR count). The Morgan fingerprint density at radius 2 is 1.69 bits per heavy atom. The number of ether oxygens (including phenoxy) is 1. The van der Waals surface area contributed by atoms with Gasteiger partial charge in [0.1, 0.15) is 12.4 Å². The summed E-state index contributed by atoms with van der Waals surface area (Å²) in [7, 11) is 0. The second-order valence-electron chi connectivity index (χ2n) is 6.37. The van der Waals surface area contributed by atoms with Crippen molar-refractivity contribution in [1.29, 1.82) is 0 Å². The number of carbonyl (C=O) groups excluding carboxylic acids is 2. The van der Waals surface area contributed by atoms with E-state index in [1.165, 1.54) is 6.21 Å². The van der Waals surface area contributed by atoms with E-state index in [0.29, 0.717) is 12.3 Å². The quantitative estimate of drug-likeness (QED) is 0.385. The van der Waals surface area contributed by atoms with Crippen LogP contribution in [0.25, 0.3) is 0 Å². The molecule has 0 aliphatic carbocycles. The number of hydrogen-bond acceptors (Lipinski definition) is 4. The van der Waals surface area contributed by atoms with E-state index in [4.69, 9.17) is 4.74 Å². The van der Waals surface area contributed by atoms with Gasteiger partial charge in [0.2, 0.25) is 0 Å². The summed E-state index contributed by atoms with van der Waals surface area (Å²) in [5.74, 6) is -0.893. The number of benzene rings is 3. The van der Waals surface area contributed by atoms with Crippen LogP contribution < -0.4 is 15.5 Å². The fourth-order valence-corrected chi connectivity index (χ4v) is 2.52. The van der Waals surface area contributed by atoms with Crippen molar-refractivity contribution in [3.05, 3.63) is 95.6 Å². The van der Waals surface area contributed by atoms with E-state index >= 15 is 0 Å². The molecular formula is C23H21N3O3. The summed E-state index contributed by atoms with van der Waals surface area (Å²) in [5.41, 5.74) is 5.60. The van der Waals surface area contributed by atoms with Gasteiger partial charge < -0.3 is 10.1 Å². The van der Waals surface area contributed by atoms with Crippen LogP contribution in [0.5, 0.6) is 5.75 Å². The Morgan fingerprint density at radius 1 is 0.931 bits per heavy atom. The van der Waals surface area contributed by atoms with Gasteiger partial charge in [0.05, 0.1) is 6.21 Å². The number of amides is 2. The predicted octanol–water partition coefficient (Wildman–Crippen LogP) is 3.66. The highest BCUT2D eigenvalue weighted by molar-refractivity contribution is 6.39. The van der Waals surface area contributed by atoms with Crippen LogP contribution in [0.3, 0.4) is 0 Å². The Bertz CT molecular complexity index is 999. The minimum Gasteiger partial charge on any atom is -0.489 e. The SMILES string of the molecule is Cc1cccc(NC(=O)C(=O)N/N=C\c2ccc(OCc3ccccc3)cc2)c1. The normalized spacial score (nSPS) is 10.5. The van der Waals surface area contributed by atoms with Crippen LogP contribution >= 0.6 is 0 Å². The highest BCUT2D eigenvalue weighted by atomic mass is 16.5. The third-order valence-electron chi connectivity index (χ3n) is 3.99. The molecule has 0 radical (unpaired) electrons. The molecule has 0 aliphatic heterocycles. The Balaban J connectivity index is 1.47. The zero-order valence-electron chi connectivity index (χ0n) is 16.0. The molecule has 2 amide bonds. The first-order valence-electron chi connectivity index (χ1n) is 9.08. The summed E-state index contributed by atoms with van der Waals surface area (Å²) in [5, 5.41) is 6.34. The number of aryl methyl sites for hydroxylation is 1. The van der Waals surface area contributed by atoms with Crippen LogP contribution in [0.15, 0.2) is 84.0 Å². The Kier molecular flexibility index (Phi) is 6.73. The number of nitrogens with zero attached hydrogens (tertiary/aromatic N) is 1. The van der Waals surface area contributed by atoms with Gasteiger partial charge >= 0.3 is 11.8 Å². The number of hydrogen-bond donors (Lipinski definition) is 2. The molecule has 0 saturated carbocycles. The van der Waals surface area contributed by atoms with Crippen molar-refractivity contribution in [2.24, 2.45) is 5.10 Å². The van der Waals surface area contributed by atoms with E-state index < -0.39 is 11.8 Å². The van der Waals surface area contributed by atoms with Gasteiger partial charge in [-0.3, -0.25) is 9.59 Å². The minimum absolute atomic E-state index is 0.486. The third-order valence-corrected chi connectivity index (χ3v) is 3.99. The minimum atomic E-state index is -0.842. The average molecular weight is 387 g/mol. The van der Waals surface area contributed by atoms with Crippen molar-refractivity contribution in [3.63, 3.8) is 0 Å². The molecule has 0 bridgehead atoms. The van der Waals surface area contributed by atoms with Crippen molar-refractivity contribution < 1.29 is 14.3 Å². The van der Waals surface area contributed by atoms with Crippen LogP contribution in [0, 0.1) is 6.92 Å². The molecule has 2 N–H and O–H groups in total.